The highest BCUT2D eigenvalue weighted by molar-refractivity contribution is 7.99. The van der Waals surface area contributed by atoms with Gasteiger partial charge in [-0.05, 0) is 30.7 Å². The molecule has 0 saturated heterocycles. The minimum absolute atomic E-state index is 0.159. The average molecular weight is 354 g/mol. The second-order valence-electron chi connectivity index (χ2n) is 4.76. The van der Waals surface area contributed by atoms with Gasteiger partial charge in [0, 0.05) is 17.9 Å². The second kappa shape index (κ2) is 9.07. The van der Waals surface area contributed by atoms with Crippen LogP contribution in [-0.4, -0.2) is 24.1 Å². The number of hydrogen-bond acceptors (Lipinski definition) is 4. The third kappa shape index (κ3) is 5.69. The van der Waals surface area contributed by atoms with Crippen LogP contribution < -0.4 is 10.6 Å². The van der Waals surface area contributed by atoms with Gasteiger partial charge >= 0.3 is 0 Å². The van der Waals surface area contributed by atoms with Crippen LogP contribution in [0, 0.1) is 0 Å². The fourth-order valence-electron chi connectivity index (χ4n) is 1.93. The van der Waals surface area contributed by atoms with Crippen molar-refractivity contribution in [1.82, 2.24) is 5.32 Å². The summed E-state index contributed by atoms with van der Waals surface area (Å²) in [6.07, 6.45) is 1.98. The first kappa shape index (κ1) is 18.0. The summed E-state index contributed by atoms with van der Waals surface area (Å²) in [7, 11) is 0. The molecule has 1 heterocycles. The van der Waals surface area contributed by atoms with E-state index in [4.69, 9.17) is 4.42 Å². The summed E-state index contributed by atoms with van der Waals surface area (Å²) in [5, 5.41) is 5.23. The van der Waals surface area contributed by atoms with Crippen molar-refractivity contribution in [2.45, 2.75) is 23.5 Å². The highest BCUT2D eigenvalue weighted by atomic mass is 32.2. The van der Waals surface area contributed by atoms with E-state index in [9.17, 15) is 18.4 Å². The number of halogens is 2. The number of hydrogen-bond donors (Lipinski definition) is 2. The van der Waals surface area contributed by atoms with Gasteiger partial charge < -0.3 is 15.1 Å². The molecule has 0 aliphatic rings. The number of alkyl halides is 2. The molecule has 2 aromatic rings. The van der Waals surface area contributed by atoms with Crippen LogP contribution in [0.25, 0.3) is 0 Å². The molecule has 0 radical (unpaired) electrons. The van der Waals surface area contributed by atoms with E-state index in [2.05, 4.69) is 10.6 Å². The number of nitrogens with one attached hydrogen (secondary N) is 2. The average Bonchev–Trinajstić information content (AvgIpc) is 3.07. The molecule has 1 aromatic heterocycles. The molecule has 0 bridgehead atoms. The molecule has 0 unspecified atom stereocenters. The van der Waals surface area contributed by atoms with Crippen molar-refractivity contribution in [3.8, 4) is 0 Å². The minimum Gasteiger partial charge on any atom is -0.459 e. The fourth-order valence-corrected chi connectivity index (χ4v) is 2.52. The van der Waals surface area contributed by atoms with Gasteiger partial charge in [-0.25, -0.2) is 0 Å². The first-order valence-corrected chi connectivity index (χ1v) is 8.09. The van der Waals surface area contributed by atoms with Crippen LogP contribution in [0.2, 0.25) is 0 Å². The lowest BCUT2D eigenvalue weighted by molar-refractivity contribution is -0.116. The molecule has 1 aromatic carbocycles. The number of carbonyl (C=O) groups is 2. The van der Waals surface area contributed by atoms with E-state index in [0.29, 0.717) is 35.3 Å². The molecular formula is C16H16F2N2O3S. The van der Waals surface area contributed by atoms with Crippen LogP contribution in [0.4, 0.5) is 14.5 Å². The molecule has 5 nitrogen and oxygen atoms in total. The molecule has 128 valence electrons. The first-order chi connectivity index (χ1) is 11.6. The summed E-state index contributed by atoms with van der Waals surface area (Å²) >= 11 is 0.382. The van der Waals surface area contributed by atoms with Crippen molar-refractivity contribution in [2.24, 2.45) is 0 Å². The normalized spacial score (nSPS) is 10.6. The summed E-state index contributed by atoms with van der Waals surface area (Å²) < 4.78 is 29.9. The Morgan fingerprint density at radius 3 is 2.67 bits per heavy atom. The van der Waals surface area contributed by atoms with E-state index in [1.165, 1.54) is 12.3 Å². The predicted molar refractivity (Wildman–Crippen MR) is 87.2 cm³/mol. The smallest absolute Gasteiger partial charge is 0.288 e. The monoisotopic (exact) mass is 354 g/mol. The Kier molecular flexibility index (Phi) is 6.80. The van der Waals surface area contributed by atoms with E-state index in [0.717, 1.165) is 0 Å². The zero-order valence-electron chi connectivity index (χ0n) is 12.6. The van der Waals surface area contributed by atoms with E-state index >= 15 is 0 Å². The van der Waals surface area contributed by atoms with Crippen LogP contribution in [0.5, 0.6) is 0 Å². The second-order valence-corrected chi connectivity index (χ2v) is 5.79. The predicted octanol–water partition coefficient (Wildman–Crippen LogP) is 3.74. The number of anilines is 1. The standard InChI is InChI=1S/C16H16F2N2O3S/c17-16(18)24-13-7-2-1-5-11(13)20-14(21)8-3-9-19-15(22)12-6-4-10-23-12/h1-2,4-7,10,16H,3,8-9H2,(H,19,22)(H,20,21). The lowest BCUT2D eigenvalue weighted by Gasteiger charge is -2.10. The lowest BCUT2D eigenvalue weighted by atomic mass is 10.2. The van der Waals surface area contributed by atoms with E-state index in [-0.39, 0.29) is 24.0 Å². The van der Waals surface area contributed by atoms with Gasteiger partial charge in [0.05, 0.1) is 12.0 Å². The number of amides is 2. The van der Waals surface area contributed by atoms with Gasteiger partial charge in [0.1, 0.15) is 0 Å². The molecule has 0 aliphatic heterocycles. The third-order valence-corrected chi connectivity index (χ3v) is 3.78. The fraction of sp³-hybridized carbons (Fsp3) is 0.250. The molecule has 2 N–H and O–H groups in total. The van der Waals surface area contributed by atoms with E-state index in [1.54, 1.807) is 30.3 Å². The van der Waals surface area contributed by atoms with Gasteiger partial charge in [-0.15, -0.1) is 0 Å². The van der Waals surface area contributed by atoms with Crippen molar-refractivity contribution in [1.29, 1.82) is 0 Å². The SMILES string of the molecule is O=C(CCCNC(=O)c1ccco1)Nc1ccccc1SC(F)F. The number of rotatable bonds is 8. The summed E-state index contributed by atoms with van der Waals surface area (Å²) in [6, 6.07) is 9.54. The van der Waals surface area contributed by atoms with Crippen molar-refractivity contribution in [3.63, 3.8) is 0 Å². The summed E-state index contributed by atoms with van der Waals surface area (Å²) in [6.45, 7) is 0.306. The highest BCUT2D eigenvalue weighted by Gasteiger charge is 2.12. The van der Waals surface area contributed by atoms with Gasteiger partial charge in [-0.3, -0.25) is 9.59 Å². The van der Waals surface area contributed by atoms with Crippen molar-refractivity contribution in [2.75, 3.05) is 11.9 Å². The Hall–Kier alpha value is -2.35. The molecule has 0 spiro atoms. The maximum absolute atomic E-state index is 12.5. The summed E-state index contributed by atoms with van der Waals surface area (Å²) in [5.41, 5.74) is 0.354. The van der Waals surface area contributed by atoms with Gasteiger partial charge in [-0.1, -0.05) is 23.9 Å². The Labute approximate surface area is 141 Å². The van der Waals surface area contributed by atoms with Crippen LogP contribution in [0.1, 0.15) is 23.4 Å². The number of thioether (sulfide) groups is 1. The van der Waals surface area contributed by atoms with Crippen molar-refractivity contribution < 1.29 is 22.8 Å². The molecule has 0 atom stereocenters. The van der Waals surface area contributed by atoms with Gasteiger partial charge in [-0.2, -0.15) is 8.78 Å². The summed E-state index contributed by atoms with van der Waals surface area (Å²) in [5.74, 6) is -3.00. The highest BCUT2D eigenvalue weighted by Crippen LogP contribution is 2.31. The molecule has 0 saturated carbocycles. The Bertz CT molecular complexity index is 678. The maximum Gasteiger partial charge on any atom is 0.288 e. The molecule has 8 heteroatoms. The quantitative estimate of drug-likeness (QED) is 0.560. The molecule has 2 amide bonds. The molecular weight excluding hydrogens is 338 g/mol. The first-order valence-electron chi connectivity index (χ1n) is 7.21. The number of benzene rings is 1. The largest absolute Gasteiger partial charge is 0.459 e. The molecule has 2 rings (SSSR count). The third-order valence-electron chi connectivity index (χ3n) is 2.99. The van der Waals surface area contributed by atoms with Gasteiger partial charge in [0.2, 0.25) is 5.91 Å². The Morgan fingerprint density at radius 2 is 1.96 bits per heavy atom. The lowest BCUT2D eigenvalue weighted by Crippen LogP contribution is -2.25. The van der Waals surface area contributed by atoms with Crippen LogP contribution >= 0.6 is 11.8 Å². The maximum atomic E-state index is 12.5. The number of para-hydroxylation sites is 1. The van der Waals surface area contributed by atoms with Crippen LogP contribution in [-0.2, 0) is 4.79 Å². The molecule has 0 fully saturated rings. The Balaban J connectivity index is 1.75. The van der Waals surface area contributed by atoms with Gasteiger partial charge in [0.25, 0.3) is 11.7 Å². The topological polar surface area (TPSA) is 71.3 Å². The summed E-state index contributed by atoms with van der Waals surface area (Å²) in [4.78, 5) is 23.8. The van der Waals surface area contributed by atoms with E-state index < -0.39 is 5.76 Å². The number of carbonyl (C=O) groups excluding carboxylic acids is 2. The van der Waals surface area contributed by atoms with Gasteiger partial charge in [0.15, 0.2) is 5.76 Å². The minimum atomic E-state index is -2.56. The zero-order valence-corrected chi connectivity index (χ0v) is 13.4. The zero-order chi connectivity index (χ0) is 17.4. The van der Waals surface area contributed by atoms with Crippen molar-refractivity contribution >= 4 is 29.3 Å². The Morgan fingerprint density at radius 1 is 1.17 bits per heavy atom. The van der Waals surface area contributed by atoms with E-state index in [1.807, 2.05) is 0 Å². The molecule has 24 heavy (non-hydrogen) atoms. The van der Waals surface area contributed by atoms with Crippen LogP contribution in [0.3, 0.4) is 0 Å². The van der Waals surface area contributed by atoms with Crippen molar-refractivity contribution in [3.05, 3.63) is 48.4 Å². The van der Waals surface area contributed by atoms with Crippen LogP contribution in [0.15, 0.2) is 52.0 Å². The molecule has 0 aliphatic carbocycles. The number of furan rings is 1.